The summed E-state index contributed by atoms with van der Waals surface area (Å²) in [4.78, 5) is 23.2. The Hall–Kier alpha value is -4.28. The third-order valence-corrected chi connectivity index (χ3v) is 6.38. The number of fused-ring (bicyclic) bond motifs is 1. The van der Waals surface area contributed by atoms with Crippen LogP contribution in [0.15, 0.2) is 73.1 Å². The number of carbonyl (C=O) groups excluding carboxylic acids is 1. The van der Waals surface area contributed by atoms with Crippen molar-refractivity contribution >= 4 is 22.8 Å². The quantitative estimate of drug-likeness (QED) is 0.344. The molecule has 1 fully saturated rings. The van der Waals surface area contributed by atoms with E-state index in [2.05, 4.69) is 15.4 Å². The number of nitrogens with two attached hydrogens (primary N) is 1. The third kappa shape index (κ3) is 5.82. The smallest absolute Gasteiger partial charge is 0.258 e. The van der Waals surface area contributed by atoms with Gasteiger partial charge in [-0.05, 0) is 63.3 Å². The lowest BCUT2D eigenvalue weighted by Gasteiger charge is -2.32. The molecule has 10 heteroatoms. The number of piperidine rings is 1. The van der Waals surface area contributed by atoms with Gasteiger partial charge in [-0.2, -0.15) is 5.10 Å². The van der Waals surface area contributed by atoms with Gasteiger partial charge in [0, 0.05) is 31.3 Å². The Kier molecular flexibility index (Phi) is 7.62. The lowest BCUT2D eigenvalue weighted by molar-refractivity contribution is -0.121. The standard InChI is InChI=1S/C28H32N8O2/c1-34(2)16-7-11-24(37)32-35-17-6-8-21(18-35)36-28-25(27(29)30-19-31-28)26(33-36)20-12-14-23(15-13-20)38-22-9-4-3-5-10-22/h3-5,7,9-15,19,21H,6,8,16-18H2,1-2H3,(H,32,37)(H2,29,30,31). The number of anilines is 1. The third-order valence-electron chi connectivity index (χ3n) is 6.38. The Labute approximate surface area is 221 Å². The fourth-order valence-electron chi connectivity index (χ4n) is 4.58. The normalized spacial score (nSPS) is 16.3. The van der Waals surface area contributed by atoms with Crippen molar-refractivity contribution in [1.29, 1.82) is 0 Å². The number of benzene rings is 2. The van der Waals surface area contributed by atoms with Gasteiger partial charge in [-0.15, -0.1) is 0 Å². The van der Waals surface area contributed by atoms with Crippen LogP contribution in [0.2, 0.25) is 0 Å². The van der Waals surface area contributed by atoms with Crippen molar-refractivity contribution < 1.29 is 9.53 Å². The number of nitrogen functional groups attached to an aromatic ring is 1. The zero-order valence-electron chi connectivity index (χ0n) is 21.6. The molecule has 0 radical (unpaired) electrons. The van der Waals surface area contributed by atoms with Crippen LogP contribution in [0.4, 0.5) is 5.82 Å². The molecule has 1 aliphatic heterocycles. The maximum Gasteiger partial charge on any atom is 0.258 e. The Balaban J connectivity index is 1.38. The molecule has 2 aromatic heterocycles. The van der Waals surface area contributed by atoms with Crippen LogP contribution in [-0.4, -0.2) is 69.3 Å². The van der Waals surface area contributed by atoms with E-state index in [1.807, 2.05) is 89.4 Å². The van der Waals surface area contributed by atoms with Gasteiger partial charge in [0.05, 0.1) is 11.4 Å². The second kappa shape index (κ2) is 11.4. The summed E-state index contributed by atoms with van der Waals surface area (Å²) in [6, 6.07) is 17.4. The lowest BCUT2D eigenvalue weighted by atomic mass is 10.1. The SMILES string of the molecule is CN(C)CC=CC(=O)NN1CCCC(n2nc(-c3ccc(Oc4ccccc4)cc3)c3c(N)ncnc32)C1. The van der Waals surface area contributed by atoms with Crippen LogP contribution in [-0.2, 0) is 4.79 Å². The van der Waals surface area contributed by atoms with E-state index >= 15 is 0 Å². The fraction of sp³-hybridized carbons (Fsp3) is 0.286. The van der Waals surface area contributed by atoms with Gasteiger partial charge in [0.2, 0.25) is 0 Å². The topological polar surface area (TPSA) is 114 Å². The van der Waals surface area contributed by atoms with Crippen molar-refractivity contribution in [3.8, 4) is 22.8 Å². The molecule has 1 amide bonds. The van der Waals surface area contributed by atoms with Gasteiger partial charge in [-0.3, -0.25) is 10.2 Å². The number of hydrogen-bond acceptors (Lipinski definition) is 8. The molecule has 2 aromatic carbocycles. The van der Waals surface area contributed by atoms with Crippen LogP contribution in [0.5, 0.6) is 11.5 Å². The van der Waals surface area contributed by atoms with Gasteiger partial charge in [-0.25, -0.2) is 19.7 Å². The van der Waals surface area contributed by atoms with Gasteiger partial charge in [0.1, 0.15) is 29.3 Å². The zero-order valence-corrected chi connectivity index (χ0v) is 21.6. The van der Waals surface area contributed by atoms with E-state index < -0.39 is 0 Å². The number of hydrogen-bond donors (Lipinski definition) is 2. The highest BCUT2D eigenvalue weighted by Gasteiger charge is 2.27. The van der Waals surface area contributed by atoms with Crippen molar-refractivity contribution in [2.24, 2.45) is 0 Å². The number of para-hydroxylation sites is 1. The summed E-state index contributed by atoms with van der Waals surface area (Å²) in [6.07, 6.45) is 6.71. The first-order valence-electron chi connectivity index (χ1n) is 12.7. The molecule has 0 bridgehead atoms. The number of likely N-dealkylation sites (N-methyl/N-ethyl adjacent to an activating group) is 1. The number of hydrazine groups is 1. The molecule has 38 heavy (non-hydrogen) atoms. The van der Waals surface area contributed by atoms with Crippen LogP contribution < -0.4 is 15.9 Å². The number of amides is 1. The molecular formula is C28H32N8O2. The van der Waals surface area contributed by atoms with Gasteiger partial charge in [-0.1, -0.05) is 24.3 Å². The van der Waals surface area contributed by atoms with Gasteiger partial charge in [0.25, 0.3) is 5.91 Å². The summed E-state index contributed by atoms with van der Waals surface area (Å²) < 4.78 is 7.87. The molecule has 196 valence electrons. The fourth-order valence-corrected chi connectivity index (χ4v) is 4.58. The Bertz CT molecular complexity index is 1420. The highest BCUT2D eigenvalue weighted by Crippen LogP contribution is 2.34. The number of ether oxygens (including phenoxy) is 1. The van der Waals surface area contributed by atoms with Crippen molar-refractivity contribution in [1.82, 2.24) is 35.1 Å². The molecule has 1 aliphatic rings. The molecule has 1 atom stereocenters. The molecule has 1 saturated heterocycles. The van der Waals surface area contributed by atoms with Crippen molar-refractivity contribution in [2.45, 2.75) is 18.9 Å². The minimum absolute atomic E-state index is 0.0149. The first-order valence-corrected chi connectivity index (χ1v) is 12.7. The summed E-state index contributed by atoms with van der Waals surface area (Å²) in [5, 5.41) is 7.64. The van der Waals surface area contributed by atoms with E-state index in [0.29, 0.717) is 24.6 Å². The maximum absolute atomic E-state index is 12.4. The molecule has 0 saturated carbocycles. The van der Waals surface area contributed by atoms with E-state index in [9.17, 15) is 4.79 Å². The lowest BCUT2D eigenvalue weighted by Crippen LogP contribution is -2.47. The van der Waals surface area contributed by atoms with Crippen LogP contribution in [0.1, 0.15) is 18.9 Å². The predicted molar refractivity (Wildman–Crippen MR) is 147 cm³/mol. The van der Waals surface area contributed by atoms with Gasteiger partial charge in [0.15, 0.2) is 5.65 Å². The number of nitrogens with zero attached hydrogens (tertiary/aromatic N) is 6. The Morgan fingerprint density at radius 3 is 2.66 bits per heavy atom. The van der Waals surface area contributed by atoms with E-state index in [4.69, 9.17) is 15.6 Å². The summed E-state index contributed by atoms with van der Waals surface area (Å²) in [6.45, 7) is 2.09. The molecule has 0 spiro atoms. The minimum Gasteiger partial charge on any atom is -0.457 e. The van der Waals surface area contributed by atoms with E-state index in [-0.39, 0.29) is 11.9 Å². The number of carbonyl (C=O) groups is 1. The summed E-state index contributed by atoms with van der Waals surface area (Å²) in [5.41, 5.74) is 11.6. The van der Waals surface area contributed by atoms with Crippen LogP contribution in [0.25, 0.3) is 22.3 Å². The molecule has 10 nitrogen and oxygen atoms in total. The minimum atomic E-state index is -0.136. The van der Waals surface area contributed by atoms with Crippen LogP contribution in [0.3, 0.4) is 0 Å². The van der Waals surface area contributed by atoms with Crippen molar-refractivity contribution in [2.75, 3.05) is 39.5 Å². The first kappa shape index (κ1) is 25.4. The maximum atomic E-state index is 12.4. The van der Waals surface area contributed by atoms with Crippen molar-refractivity contribution in [3.63, 3.8) is 0 Å². The number of aromatic nitrogens is 4. The predicted octanol–water partition coefficient (Wildman–Crippen LogP) is 3.65. The van der Waals surface area contributed by atoms with E-state index in [0.717, 1.165) is 47.5 Å². The second-order valence-electron chi connectivity index (χ2n) is 9.57. The number of nitrogens with one attached hydrogen (secondary N) is 1. The molecule has 3 N–H and O–H groups in total. The van der Waals surface area contributed by atoms with Crippen LogP contribution >= 0.6 is 0 Å². The Morgan fingerprint density at radius 2 is 1.89 bits per heavy atom. The molecule has 5 rings (SSSR count). The molecule has 4 aromatic rings. The molecule has 1 unspecified atom stereocenters. The Morgan fingerprint density at radius 1 is 1.13 bits per heavy atom. The zero-order chi connectivity index (χ0) is 26.5. The summed E-state index contributed by atoms with van der Waals surface area (Å²) in [5.74, 6) is 1.75. The van der Waals surface area contributed by atoms with E-state index in [1.54, 1.807) is 6.08 Å². The summed E-state index contributed by atoms with van der Waals surface area (Å²) in [7, 11) is 3.92. The highest BCUT2D eigenvalue weighted by atomic mass is 16.5. The second-order valence-corrected chi connectivity index (χ2v) is 9.57. The van der Waals surface area contributed by atoms with Crippen LogP contribution in [0, 0.1) is 0 Å². The van der Waals surface area contributed by atoms with Crippen molar-refractivity contribution in [3.05, 3.63) is 73.1 Å². The van der Waals surface area contributed by atoms with Gasteiger partial charge >= 0.3 is 0 Å². The first-order chi connectivity index (χ1) is 18.5. The molecular weight excluding hydrogens is 480 g/mol. The highest BCUT2D eigenvalue weighted by molar-refractivity contribution is 5.98. The average molecular weight is 513 g/mol. The van der Waals surface area contributed by atoms with E-state index in [1.165, 1.54) is 6.33 Å². The average Bonchev–Trinajstić information content (AvgIpc) is 3.31. The number of rotatable bonds is 8. The monoisotopic (exact) mass is 512 g/mol. The largest absolute Gasteiger partial charge is 0.457 e. The summed E-state index contributed by atoms with van der Waals surface area (Å²) >= 11 is 0. The van der Waals surface area contributed by atoms with Gasteiger partial charge < -0.3 is 15.4 Å². The molecule has 0 aliphatic carbocycles. The molecule has 3 heterocycles.